The molecule has 0 bridgehead atoms. The SMILES string of the molecule is COC(=O)[C@@H](OC(C)(C)C)c1c(C)c2c(c(C)c1-c1ccc(C)cc1)CN(S(=O)(=O)CC(C)(C)C)CC2. The number of carbonyl (C=O) groups excluding carboxylic acids is 1. The average Bonchev–Trinajstić information content (AvgIpc) is 2.77. The molecule has 2 aromatic carbocycles. The van der Waals surface area contributed by atoms with Crippen LogP contribution >= 0.6 is 0 Å². The van der Waals surface area contributed by atoms with Gasteiger partial charge >= 0.3 is 5.97 Å². The van der Waals surface area contributed by atoms with Crippen LogP contribution in [0.25, 0.3) is 11.1 Å². The summed E-state index contributed by atoms with van der Waals surface area (Å²) >= 11 is 0. The number of benzene rings is 2. The maximum absolute atomic E-state index is 13.3. The van der Waals surface area contributed by atoms with Gasteiger partial charge in [-0.3, -0.25) is 0 Å². The van der Waals surface area contributed by atoms with Crippen LogP contribution in [-0.2, 0) is 37.3 Å². The molecule has 6 nitrogen and oxygen atoms in total. The van der Waals surface area contributed by atoms with Crippen molar-refractivity contribution in [1.82, 2.24) is 4.31 Å². The van der Waals surface area contributed by atoms with Crippen molar-refractivity contribution in [3.05, 3.63) is 57.6 Å². The first kappa shape index (κ1) is 29.3. The van der Waals surface area contributed by atoms with E-state index >= 15 is 0 Å². The Morgan fingerprint density at radius 2 is 1.57 bits per heavy atom. The minimum absolute atomic E-state index is 0.0973. The average molecular weight is 530 g/mol. The number of fused-ring (bicyclic) bond motifs is 1. The van der Waals surface area contributed by atoms with Crippen molar-refractivity contribution in [3.8, 4) is 11.1 Å². The largest absolute Gasteiger partial charge is 0.467 e. The Bertz CT molecular complexity index is 1270. The molecule has 2 aromatic rings. The lowest BCUT2D eigenvalue weighted by Crippen LogP contribution is -2.41. The lowest BCUT2D eigenvalue weighted by molar-refractivity contribution is -0.164. The number of sulfonamides is 1. The zero-order valence-electron chi connectivity index (χ0n) is 24.1. The van der Waals surface area contributed by atoms with Crippen LogP contribution in [0.5, 0.6) is 0 Å². The Morgan fingerprint density at radius 3 is 2.08 bits per heavy atom. The van der Waals surface area contributed by atoms with Crippen LogP contribution in [0, 0.1) is 26.2 Å². The molecule has 1 atom stereocenters. The van der Waals surface area contributed by atoms with E-state index in [1.807, 2.05) is 74.4 Å². The Balaban J connectivity index is 2.28. The summed E-state index contributed by atoms with van der Waals surface area (Å²) < 4.78 is 39.8. The lowest BCUT2D eigenvalue weighted by Gasteiger charge is -2.36. The third kappa shape index (κ3) is 6.62. The summed E-state index contributed by atoms with van der Waals surface area (Å²) in [5, 5.41) is 0. The molecule has 37 heavy (non-hydrogen) atoms. The summed E-state index contributed by atoms with van der Waals surface area (Å²) in [4.78, 5) is 13.1. The van der Waals surface area contributed by atoms with Gasteiger partial charge in [0.1, 0.15) is 0 Å². The second-order valence-corrected chi connectivity index (χ2v) is 14.4. The normalized spacial score (nSPS) is 15.8. The first-order valence-corrected chi connectivity index (χ1v) is 14.5. The van der Waals surface area contributed by atoms with Crippen LogP contribution in [0.2, 0.25) is 0 Å². The number of esters is 1. The number of ether oxygens (including phenoxy) is 2. The third-order valence-corrected chi connectivity index (χ3v) is 9.09. The van der Waals surface area contributed by atoms with E-state index in [4.69, 9.17) is 9.47 Å². The van der Waals surface area contributed by atoms with E-state index < -0.39 is 27.7 Å². The summed E-state index contributed by atoms with van der Waals surface area (Å²) in [5.41, 5.74) is 6.93. The van der Waals surface area contributed by atoms with Crippen LogP contribution < -0.4 is 0 Å². The van der Waals surface area contributed by atoms with Crippen molar-refractivity contribution in [2.24, 2.45) is 5.41 Å². The van der Waals surface area contributed by atoms with Gasteiger partial charge in [0, 0.05) is 18.7 Å². The van der Waals surface area contributed by atoms with Crippen LogP contribution in [0.3, 0.4) is 0 Å². The van der Waals surface area contributed by atoms with Gasteiger partial charge in [-0.05, 0) is 86.8 Å². The standard InChI is InChI=1S/C30H43NO5S/c1-19-11-13-22(14-12-19)25-21(3)24-17-31(37(33,34)18-29(4,5)6)16-15-23(24)20(2)26(25)27(28(32)35-10)36-30(7,8)9/h11-14,27H,15-18H2,1-10H3/t27-/m0/s1. The van der Waals surface area contributed by atoms with E-state index in [0.29, 0.717) is 19.5 Å². The minimum atomic E-state index is -3.43. The van der Waals surface area contributed by atoms with E-state index in [2.05, 4.69) is 12.1 Å². The lowest BCUT2D eigenvalue weighted by atomic mass is 9.80. The van der Waals surface area contributed by atoms with Gasteiger partial charge in [0.15, 0.2) is 6.10 Å². The second kappa shape index (κ2) is 10.5. The quantitative estimate of drug-likeness (QED) is 0.427. The van der Waals surface area contributed by atoms with Crippen molar-refractivity contribution < 1.29 is 22.7 Å². The molecular formula is C30H43NO5S. The van der Waals surface area contributed by atoms with Crippen LogP contribution in [0.1, 0.15) is 81.0 Å². The van der Waals surface area contributed by atoms with E-state index in [-0.39, 0.29) is 11.2 Å². The highest BCUT2D eigenvalue weighted by molar-refractivity contribution is 7.89. The molecule has 0 aliphatic carbocycles. The fraction of sp³-hybridized carbons (Fsp3) is 0.567. The smallest absolute Gasteiger partial charge is 0.339 e. The molecule has 0 unspecified atom stereocenters. The Kier molecular flexibility index (Phi) is 8.33. The predicted molar refractivity (Wildman–Crippen MR) is 149 cm³/mol. The number of aryl methyl sites for hydroxylation is 1. The first-order valence-electron chi connectivity index (χ1n) is 12.9. The maximum Gasteiger partial charge on any atom is 0.339 e. The number of hydrogen-bond donors (Lipinski definition) is 0. The summed E-state index contributed by atoms with van der Waals surface area (Å²) in [5.74, 6) is -0.351. The fourth-order valence-electron chi connectivity index (χ4n) is 5.18. The minimum Gasteiger partial charge on any atom is -0.467 e. The molecule has 1 aliphatic rings. The number of nitrogens with zero attached hydrogens (tertiary/aromatic N) is 1. The van der Waals surface area contributed by atoms with E-state index in [0.717, 1.165) is 44.5 Å². The van der Waals surface area contributed by atoms with Gasteiger partial charge in [0.25, 0.3) is 0 Å². The molecule has 0 spiro atoms. The molecule has 7 heteroatoms. The molecule has 1 heterocycles. The molecule has 3 rings (SSSR count). The van der Waals surface area contributed by atoms with E-state index in [9.17, 15) is 13.2 Å². The summed E-state index contributed by atoms with van der Waals surface area (Å²) in [6, 6.07) is 8.20. The molecule has 1 aliphatic heterocycles. The van der Waals surface area contributed by atoms with Crippen molar-refractivity contribution in [2.45, 2.75) is 87.0 Å². The highest BCUT2D eigenvalue weighted by Crippen LogP contribution is 2.43. The van der Waals surface area contributed by atoms with Crippen molar-refractivity contribution in [2.75, 3.05) is 19.4 Å². The van der Waals surface area contributed by atoms with Gasteiger partial charge in [0.2, 0.25) is 10.0 Å². The number of carbonyl (C=O) groups is 1. The Hall–Kier alpha value is -2.22. The Labute approximate surface area is 223 Å². The van der Waals surface area contributed by atoms with Gasteiger partial charge < -0.3 is 9.47 Å². The molecule has 0 amide bonds. The number of rotatable bonds is 6. The molecule has 0 aromatic heterocycles. The van der Waals surface area contributed by atoms with Gasteiger partial charge in [-0.1, -0.05) is 50.6 Å². The summed E-state index contributed by atoms with van der Waals surface area (Å²) in [7, 11) is -2.05. The summed E-state index contributed by atoms with van der Waals surface area (Å²) in [6.07, 6.45) is -0.330. The van der Waals surface area contributed by atoms with Crippen molar-refractivity contribution in [1.29, 1.82) is 0 Å². The zero-order valence-corrected chi connectivity index (χ0v) is 24.9. The number of methoxy groups -OCH3 is 1. The molecular weight excluding hydrogens is 486 g/mol. The summed E-state index contributed by atoms with van der Waals surface area (Å²) in [6.45, 7) is 18.4. The monoisotopic (exact) mass is 529 g/mol. The van der Waals surface area contributed by atoms with Crippen molar-refractivity contribution >= 4 is 16.0 Å². The zero-order chi connectivity index (χ0) is 27.9. The van der Waals surface area contributed by atoms with Gasteiger partial charge in [0.05, 0.1) is 18.5 Å². The van der Waals surface area contributed by atoms with Crippen LogP contribution in [0.4, 0.5) is 0 Å². The molecule has 0 saturated heterocycles. The third-order valence-electron chi connectivity index (χ3n) is 6.76. The van der Waals surface area contributed by atoms with E-state index in [1.54, 1.807) is 4.31 Å². The number of hydrogen-bond acceptors (Lipinski definition) is 5. The van der Waals surface area contributed by atoms with Crippen LogP contribution in [0.15, 0.2) is 24.3 Å². The van der Waals surface area contributed by atoms with Crippen molar-refractivity contribution in [3.63, 3.8) is 0 Å². The molecule has 0 N–H and O–H groups in total. The van der Waals surface area contributed by atoms with Crippen LogP contribution in [-0.4, -0.2) is 43.7 Å². The first-order chi connectivity index (χ1) is 16.9. The second-order valence-electron chi connectivity index (χ2n) is 12.4. The molecule has 204 valence electrons. The van der Waals surface area contributed by atoms with Gasteiger partial charge in [-0.2, -0.15) is 4.31 Å². The highest BCUT2D eigenvalue weighted by atomic mass is 32.2. The highest BCUT2D eigenvalue weighted by Gasteiger charge is 2.37. The molecule has 0 saturated carbocycles. The maximum atomic E-state index is 13.3. The Morgan fingerprint density at radius 1 is 0.973 bits per heavy atom. The predicted octanol–water partition coefficient (Wildman–Crippen LogP) is 6.04. The fourth-order valence-corrected chi connectivity index (χ4v) is 7.15. The molecule has 0 fully saturated rings. The van der Waals surface area contributed by atoms with Gasteiger partial charge in [-0.25, -0.2) is 13.2 Å². The van der Waals surface area contributed by atoms with E-state index in [1.165, 1.54) is 7.11 Å². The molecule has 0 radical (unpaired) electrons. The van der Waals surface area contributed by atoms with Gasteiger partial charge in [-0.15, -0.1) is 0 Å². The topological polar surface area (TPSA) is 72.9 Å².